The smallest absolute Gasteiger partial charge is 0.489 e. The van der Waals surface area contributed by atoms with Crippen LogP contribution in [0.3, 0.4) is 0 Å². The Bertz CT molecular complexity index is 1100. The van der Waals surface area contributed by atoms with Gasteiger partial charge in [0.1, 0.15) is 12.4 Å². The SMILES string of the molecule is CC(=O)OCCc1ccccc1OCc1cc(B2OC(C)(C)C(C)(C)O2)c2sccc2c1. The lowest BCUT2D eigenvalue weighted by Crippen LogP contribution is -2.41. The van der Waals surface area contributed by atoms with Crippen LogP contribution < -0.4 is 10.2 Å². The summed E-state index contributed by atoms with van der Waals surface area (Å²) in [6.45, 7) is 10.4. The molecule has 1 aliphatic heterocycles. The lowest BCUT2D eigenvalue weighted by Gasteiger charge is -2.32. The second-order valence-corrected chi connectivity index (χ2v) is 10.0. The fraction of sp³-hybridized carbons (Fsp3) is 0.400. The van der Waals surface area contributed by atoms with Crippen LogP contribution in [-0.4, -0.2) is 30.9 Å². The van der Waals surface area contributed by atoms with Crippen LogP contribution in [0.1, 0.15) is 45.7 Å². The highest BCUT2D eigenvalue weighted by atomic mass is 32.1. The molecule has 32 heavy (non-hydrogen) atoms. The number of para-hydroxylation sites is 1. The van der Waals surface area contributed by atoms with E-state index in [0.29, 0.717) is 19.6 Å². The number of esters is 1. The topological polar surface area (TPSA) is 54.0 Å². The molecule has 0 spiro atoms. The van der Waals surface area contributed by atoms with Crippen molar-refractivity contribution >= 4 is 40.0 Å². The molecule has 4 rings (SSSR count). The maximum atomic E-state index is 11.1. The molecule has 2 heterocycles. The zero-order chi connectivity index (χ0) is 22.9. The summed E-state index contributed by atoms with van der Waals surface area (Å²) < 4.78 is 25.1. The third-order valence-corrected chi connectivity index (χ3v) is 7.17. The predicted molar refractivity (Wildman–Crippen MR) is 129 cm³/mol. The van der Waals surface area contributed by atoms with Crippen molar-refractivity contribution in [2.75, 3.05) is 6.61 Å². The molecule has 0 bridgehead atoms. The lowest BCUT2D eigenvalue weighted by atomic mass is 9.78. The minimum Gasteiger partial charge on any atom is -0.489 e. The van der Waals surface area contributed by atoms with Crippen LogP contribution in [-0.2, 0) is 31.9 Å². The van der Waals surface area contributed by atoms with Crippen LogP contribution in [0.25, 0.3) is 10.1 Å². The summed E-state index contributed by atoms with van der Waals surface area (Å²) in [6, 6.07) is 14.3. The average Bonchev–Trinajstić information content (AvgIpc) is 3.27. The molecule has 0 aliphatic carbocycles. The molecule has 1 saturated heterocycles. The highest BCUT2D eigenvalue weighted by molar-refractivity contribution is 7.18. The number of ether oxygens (including phenoxy) is 2. The number of hydrogen-bond acceptors (Lipinski definition) is 6. The van der Waals surface area contributed by atoms with Crippen LogP contribution in [0.5, 0.6) is 5.75 Å². The maximum absolute atomic E-state index is 11.1. The molecule has 168 valence electrons. The number of benzene rings is 2. The van der Waals surface area contributed by atoms with Crippen molar-refractivity contribution in [1.82, 2.24) is 0 Å². The first-order valence-corrected chi connectivity index (χ1v) is 11.7. The number of fused-ring (bicyclic) bond motifs is 1. The quantitative estimate of drug-likeness (QED) is 0.378. The summed E-state index contributed by atoms with van der Waals surface area (Å²) in [5.74, 6) is 0.518. The Morgan fingerprint density at radius 1 is 1.06 bits per heavy atom. The molecule has 0 radical (unpaired) electrons. The molecular weight excluding hydrogens is 423 g/mol. The highest BCUT2D eigenvalue weighted by Gasteiger charge is 2.52. The minimum atomic E-state index is -0.419. The van der Waals surface area contributed by atoms with Crippen molar-refractivity contribution in [3.05, 3.63) is 59.0 Å². The maximum Gasteiger partial charge on any atom is 0.496 e. The Hall–Kier alpha value is -2.35. The van der Waals surface area contributed by atoms with Crippen LogP contribution in [0.2, 0.25) is 0 Å². The van der Waals surface area contributed by atoms with E-state index in [4.69, 9.17) is 18.8 Å². The van der Waals surface area contributed by atoms with E-state index in [1.807, 2.05) is 24.3 Å². The summed E-state index contributed by atoms with van der Waals surface area (Å²) in [4.78, 5) is 11.1. The van der Waals surface area contributed by atoms with Gasteiger partial charge < -0.3 is 18.8 Å². The Kier molecular flexibility index (Phi) is 6.34. The van der Waals surface area contributed by atoms with Crippen molar-refractivity contribution in [2.24, 2.45) is 0 Å². The highest BCUT2D eigenvalue weighted by Crippen LogP contribution is 2.37. The van der Waals surface area contributed by atoms with Gasteiger partial charge in [0.25, 0.3) is 0 Å². The second kappa shape index (κ2) is 8.89. The lowest BCUT2D eigenvalue weighted by molar-refractivity contribution is -0.140. The largest absolute Gasteiger partial charge is 0.496 e. The predicted octanol–water partition coefficient (Wildman–Crippen LogP) is 4.89. The number of hydrogen-bond donors (Lipinski definition) is 0. The van der Waals surface area contributed by atoms with E-state index in [1.54, 1.807) is 11.3 Å². The summed E-state index contributed by atoms with van der Waals surface area (Å²) in [7, 11) is -0.419. The molecule has 5 nitrogen and oxygen atoms in total. The molecule has 7 heteroatoms. The van der Waals surface area contributed by atoms with Crippen LogP contribution >= 0.6 is 11.3 Å². The van der Waals surface area contributed by atoms with Crippen molar-refractivity contribution < 1.29 is 23.6 Å². The normalized spacial score (nSPS) is 17.0. The first-order chi connectivity index (χ1) is 15.2. The van der Waals surface area contributed by atoms with E-state index < -0.39 is 18.3 Å². The standard InChI is InChI=1S/C25H29BO5S/c1-17(27)28-12-10-19-8-6-7-9-22(19)29-16-18-14-20-11-13-32-23(20)21(15-18)26-30-24(2,3)25(4,5)31-26/h6-9,11,13-15H,10,12,16H2,1-5H3. The molecule has 0 unspecified atom stereocenters. The summed E-state index contributed by atoms with van der Waals surface area (Å²) >= 11 is 1.70. The van der Waals surface area contributed by atoms with Crippen molar-refractivity contribution in [2.45, 2.75) is 58.8 Å². The van der Waals surface area contributed by atoms with Crippen LogP contribution in [0, 0.1) is 0 Å². The van der Waals surface area contributed by atoms with E-state index >= 15 is 0 Å². The van der Waals surface area contributed by atoms with Gasteiger partial charge in [0.15, 0.2) is 0 Å². The molecular formula is C25H29BO5S. The Morgan fingerprint density at radius 3 is 2.50 bits per heavy atom. The summed E-state index contributed by atoms with van der Waals surface area (Å²) in [5.41, 5.74) is 2.31. The molecule has 0 N–H and O–H groups in total. The van der Waals surface area contributed by atoms with Gasteiger partial charge in [0.05, 0.1) is 17.8 Å². The molecule has 0 atom stereocenters. The summed E-state index contributed by atoms with van der Waals surface area (Å²) in [6.07, 6.45) is 0.610. The fourth-order valence-electron chi connectivity index (χ4n) is 3.72. The van der Waals surface area contributed by atoms with Gasteiger partial charge in [-0.1, -0.05) is 24.3 Å². The van der Waals surface area contributed by atoms with Gasteiger partial charge in [-0.3, -0.25) is 4.79 Å². The van der Waals surface area contributed by atoms with E-state index in [2.05, 4.69) is 51.3 Å². The molecule has 1 aromatic heterocycles. The second-order valence-electron chi connectivity index (χ2n) is 9.10. The van der Waals surface area contributed by atoms with Crippen LogP contribution in [0.15, 0.2) is 47.8 Å². The third kappa shape index (κ3) is 4.70. The van der Waals surface area contributed by atoms with Crippen molar-refractivity contribution in [3.8, 4) is 5.75 Å². The number of rotatable bonds is 7. The average molecular weight is 452 g/mol. The van der Waals surface area contributed by atoms with Gasteiger partial charge >= 0.3 is 13.1 Å². The van der Waals surface area contributed by atoms with Gasteiger partial charge in [-0.2, -0.15) is 0 Å². The van der Waals surface area contributed by atoms with E-state index in [-0.39, 0.29) is 5.97 Å². The summed E-state index contributed by atoms with van der Waals surface area (Å²) in [5, 5.41) is 3.25. The Balaban J connectivity index is 1.55. The Labute approximate surface area is 193 Å². The van der Waals surface area contributed by atoms with E-state index in [0.717, 1.165) is 27.7 Å². The molecule has 1 fully saturated rings. The third-order valence-electron chi connectivity index (χ3n) is 6.19. The molecule has 2 aromatic carbocycles. The number of carbonyl (C=O) groups is 1. The van der Waals surface area contributed by atoms with Gasteiger partial charge in [-0.05, 0) is 67.8 Å². The van der Waals surface area contributed by atoms with Crippen LogP contribution in [0.4, 0.5) is 0 Å². The number of carbonyl (C=O) groups excluding carboxylic acids is 1. The van der Waals surface area contributed by atoms with E-state index in [9.17, 15) is 4.79 Å². The van der Waals surface area contributed by atoms with E-state index in [1.165, 1.54) is 11.6 Å². The zero-order valence-electron chi connectivity index (χ0n) is 19.3. The van der Waals surface area contributed by atoms with Gasteiger partial charge in [0.2, 0.25) is 0 Å². The first-order valence-electron chi connectivity index (χ1n) is 10.9. The molecule has 0 saturated carbocycles. The van der Waals surface area contributed by atoms with Crippen molar-refractivity contribution in [3.63, 3.8) is 0 Å². The Morgan fingerprint density at radius 2 is 1.78 bits per heavy atom. The molecule has 0 amide bonds. The monoisotopic (exact) mass is 452 g/mol. The van der Waals surface area contributed by atoms with Gasteiger partial charge in [0, 0.05) is 23.5 Å². The van der Waals surface area contributed by atoms with Gasteiger partial charge in [-0.25, -0.2) is 0 Å². The fourth-order valence-corrected chi connectivity index (χ4v) is 4.62. The minimum absolute atomic E-state index is 0.275. The van der Waals surface area contributed by atoms with Crippen molar-refractivity contribution in [1.29, 1.82) is 0 Å². The molecule has 1 aliphatic rings. The molecule has 3 aromatic rings. The zero-order valence-corrected chi connectivity index (χ0v) is 20.1. The number of thiophene rings is 1. The van der Waals surface area contributed by atoms with Gasteiger partial charge in [-0.15, -0.1) is 11.3 Å². The first kappa shape index (κ1) is 22.8.